The molecule has 0 aromatic heterocycles. The first-order valence-corrected chi connectivity index (χ1v) is 4.64. The smallest absolute Gasteiger partial charge is 0.224 e. The monoisotopic (exact) mass is 188 g/mol. The van der Waals surface area contributed by atoms with Crippen LogP contribution in [0.4, 0.5) is 0 Å². The number of rotatable bonds is 5. The molecule has 0 aromatic rings. The molecule has 0 aliphatic carbocycles. The third kappa shape index (κ3) is 4.24. The van der Waals surface area contributed by atoms with E-state index < -0.39 is 0 Å². The molecule has 0 spiro atoms. The van der Waals surface area contributed by atoms with Crippen molar-refractivity contribution in [3.63, 3.8) is 0 Å². The standard InChI is InChI=1S/C9H20N2O2/c1-6(2)8(4-10)9(13)11-7(3)5-12/h6-8,12H,4-5,10H2,1-3H3,(H,11,13)/t7-,8?/m1/s1. The molecule has 4 nitrogen and oxygen atoms in total. The third-order valence-electron chi connectivity index (χ3n) is 2.06. The van der Waals surface area contributed by atoms with Gasteiger partial charge in [0.1, 0.15) is 0 Å². The molecule has 0 aliphatic rings. The van der Waals surface area contributed by atoms with Crippen molar-refractivity contribution in [1.82, 2.24) is 5.32 Å². The fraction of sp³-hybridized carbons (Fsp3) is 0.889. The Morgan fingerprint density at radius 2 is 2.00 bits per heavy atom. The number of hydrogen-bond acceptors (Lipinski definition) is 3. The highest BCUT2D eigenvalue weighted by molar-refractivity contribution is 5.79. The van der Waals surface area contributed by atoms with Crippen molar-refractivity contribution in [3.8, 4) is 0 Å². The molecule has 2 atom stereocenters. The number of nitrogens with two attached hydrogens (primary N) is 1. The number of aliphatic hydroxyl groups excluding tert-OH is 1. The van der Waals surface area contributed by atoms with E-state index in [4.69, 9.17) is 10.8 Å². The SMILES string of the molecule is CC(C)C(CN)C(=O)N[C@H](C)CO. The van der Waals surface area contributed by atoms with Gasteiger partial charge in [-0.05, 0) is 12.8 Å². The van der Waals surface area contributed by atoms with Crippen LogP contribution in [0.15, 0.2) is 0 Å². The second-order valence-electron chi connectivity index (χ2n) is 3.68. The van der Waals surface area contributed by atoms with E-state index in [0.29, 0.717) is 6.54 Å². The zero-order valence-corrected chi connectivity index (χ0v) is 8.58. The number of carbonyl (C=O) groups excluding carboxylic acids is 1. The zero-order chi connectivity index (χ0) is 10.4. The molecule has 0 bridgehead atoms. The summed E-state index contributed by atoms with van der Waals surface area (Å²) in [5, 5.41) is 11.4. The van der Waals surface area contributed by atoms with Crippen LogP contribution in [0.3, 0.4) is 0 Å². The van der Waals surface area contributed by atoms with Gasteiger partial charge in [-0.25, -0.2) is 0 Å². The Balaban J connectivity index is 4.06. The summed E-state index contributed by atoms with van der Waals surface area (Å²) in [6.07, 6.45) is 0. The van der Waals surface area contributed by atoms with E-state index in [1.54, 1.807) is 6.92 Å². The lowest BCUT2D eigenvalue weighted by Gasteiger charge is -2.20. The quantitative estimate of drug-likeness (QED) is 0.555. The predicted octanol–water partition coefficient (Wildman–Crippen LogP) is -0.286. The highest BCUT2D eigenvalue weighted by Crippen LogP contribution is 2.09. The van der Waals surface area contributed by atoms with Gasteiger partial charge in [-0.15, -0.1) is 0 Å². The zero-order valence-electron chi connectivity index (χ0n) is 8.58. The van der Waals surface area contributed by atoms with Gasteiger partial charge in [-0.2, -0.15) is 0 Å². The summed E-state index contributed by atoms with van der Waals surface area (Å²) in [7, 11) is 0. The van der Waals surface area contributed by atoms with E-state index >= 15 is 0 Å². The summed E-state index contributed by atoms with van der Waals surface area (Å²) < 4.78 is 0. The second kappa shape index (κ2) is 5.94. The lowest BCUT2D eigenvalue weighted by Crippen LogP contribution is -2.43. The van der Waals surface area contributed by atoms with Crippen molar-refractivity contribution in [2.24, 2.45) is 17.6 Å². The molecule has 4 N–H and O–H groups in total. The highest BCUT2D eigenvalue weighted by Gasteiger charge is 2.21. The summed E-state index contributed by atoms with van der Waals surface area (Å²) in [5.41, 5.74) is 5.47. The van der Waals surface area contributed by atoms with Crippen molar-refractivity contribution in [3.05, 3.63) is 0 Å². The minimum absolute atomic E-state index is 0.0405. The average Bonchev–Trinajstić information content (AvgIpc) is 2.04. The molecular formula is C9H20N2O2. The molecule has 0 saturated carbocycles. The van der Waals surface area contributed by atoms with Crippen molar-refractivity contribution in [2.45, 2.75) is 26.8 Å². The molecule has 0 aromatic carbocycles. The highest BCUT2D eigenvalue weighted by atomic mass is 16.3. The molecule has 78 valence electrons. The van der Waals surface area contributed by atoms with Gasteiger partial charge in [0, 0.05) is 12.6 Å². The van der Waals surface area contributed by atoms with Crippen LogP contribution >= 0.6 is 0 Å². The van der Waals surface area contributed by atoms with Gasteiger partial charge in [0.2, 0.25) is 5.91 Å². The molecule has 13 heavy (non-hydrogen) atoms. The normalized spacial score (nSPS) is 15.5. The Kier molecular flexibility index (Phi) is 5.66. The van der Waals surface area contributed by atoms with Gasteiger partial charge >= 0.3 is 0 Å². The number of carbonyl (C=O) groups is 1. The Labute approximate surface area is 79.5 Å². The third-order valence-corrected chi connectivity index (χ3v) is 2.06. The van der Waals surface area contributed by atoms with Crippen LogP contribution in [0.5, 0.6) is 0 Å². The van der Waals surface area contributed by atoms with E-state index in [9.17, 15) is 4.79 Å². The van der Waals surface area contributed by atoms with Crippen LogP contribution in [0.25, 0.3) is 0 Å². The molecular weight excluding hydrogens is 168 g/mol. The largest absolute Gasteiger partial charge is 0.394 e. The topological polar surface area (TPSA) is 75.4 Å². The molecule has 0 rings (SSSR count). The lowest BCUT2D eigenvalue weighted by atomic mass is 9.95. The molecule has 0 radical (unpaired) electrons. The van der Waals surface area contributed by atoms with Crippen molar-refractivity contribution < 1.29 is 9.90 Å². The van der Waals surface area contributed by atoms with Gasteiger partial charge in [-0.1, -0.05) is 13.8 Å². The Bertz CT molecular complexity index is 160. The summed E-state index contributed by atoms with van der Waals surface area (Å²) >= 11 is 0. The van der Waals surface area contributed by atoms with E-state index in [0.717, 1.165) is 0 Å². The molecule has 0 aliphatic heterocycles. The van der Waals surface area contributed by atoms with Crippen molar-refractivity contribution in [2.75, 3.05) is 13.2 Å². The van der Waals surface area contributed by atoms with Crippen molar-refractivity contribution in [1.29, 1.82) is 0 Å². The molecule has 1 unspecified atom stereocenters. The number of amides is 1. The van der Waals surface area contributed by atoms with E-state index in [1.807, 2.05) is 13.8 Å². The number of nitrogens with one attached hydrogen (secondary N) is 1. The Morgan fingerprint density at radius 1 is 1.46 bits per heavy atom. The average molecular weight is 188 g/mol. The number of aliphatic hydroxyl groups is 1. The number of hydrogen-bond donors (Lipinski definition) is 3. The predicted molar refractivity (Wildman–Crippen MR) is 52.1 cm³/mol. The maximum atomic E-state index is 11.5. The summed E-state index contributed by atoms with van der Waals surface area (Å²) in [4.78, 5) is 11.5. The van der Waals surface area contributed by atoms with Gasteiger partial charge in [0.05, 0.1) is 12.5 Å². The summed E-state index contributed by atoms with van der Waals surface area (Å²) in [6.45, 7) is 5.98. The Hall–Kier alpha value is -0.610. The fourth-order valence-electron chi connectivity index (χ4n) is 1.08. The van der Waals surface area contributed by atoms with E-state index in [2.05, 4.69) is 5.32 Å². The summed E-state index contributed by atoms with van der Waals surface area (Å²) in [5.74, 6) is 0.00365. The van der Waals surface area contributed by atoms with Crippen LogP contribution in [0.1, 0.15) is 20.8 Å². The van der Waals surface area contributed by atoms with Crippen LogP contribution in [0.2, 0.25) is 0 Å². The minimum Gasteiger partial charge on any atom is -0.394 e. The summed E-state index contributed by atoms with van der Waals surface area (Å²) in [6, 6.07) is -0.194. The molecule has 0 saturated heterocycles. The van der Waals surface area contributed by atoms with E-state index in [-0.39, 0.29) is 30.4 Å². The molecule has 0 heterocycles. The molecule has 1 amide bonds. The van der Waals surface area contributed by atoms with Crippen LogP contribution in [-0.2, 0) is 4.79 Å². The Morgan fingerprint density at radius 3 is 2.31 bits per heavy atom. The fourth-order valence-corrected chi connectivity index (χ4v) is 1.08. The van der Waals surface area contributed by atoms with Crippen LogP contribution in [-0.4, -0.2) is 30.2 Å². The van der Waals surface area contributed by atoms with Gasteiger partial charge in [-0.3, -0.25) is 4.79 Å². The van der Waals surface area contributed by atoms with Crippen molar-refractivity contribution >= 4 is 5.91 Å². The van der Waals surface area contributed by atoms with Gasteiger partial charge < -0.3 is 16.2 Å². The lowest BCUT2D eigenvalue weighted by molar-refractivity contribution is -0.126. The minimum atomic E-state index is -0.194. The second-order valence-corrected chi connectivity index (χ2v) is 3.68. The first-order chi connectivity index (χ1) is 6.02. The van der Waals surface area contributed by atoms with E-state index in [1.165, 1.54) is 0 Å². The molecule has 4 heteroatoms. The molecule has 0 fully saturated rings. The van der Waals surface area contributed by atoms with Crippen LogP contribution < -0.4 is 11.1 Å². The first-order valence-electron chi connectivity index (χ1n) is 4.64. The van der Waals surface area contributed by atoms with Crippen LogP contribution in [0, 0.1) is 11.8 Å². The first kappa shape index (κ1) is 12.4. The maximum absolute atomic E-state index is 11.5. The maximum Gasteiger partial charge on any atom is 0.224 e. The van der Waals surface area contributed by atoms with Gasteiger partial charge in [0.15, 0.2) is 0 Å². The van der Waals surface area contributed by atoms with Gasteiger partial charge in [0.25, 0.3) is 0 Å².